The van der Waals surface area contributed by atoms with Crippen LogP contribution >= 0.6 is 11.6 Å². The van der Waals surface area contributed by atoms with Crippen molar-refractivity contribution in [3.8, 4) is 17.1 Å². The summed E-state index contributed by atoms with van der Waals surface area (Å²) in [5.41, 5.74) is 3.23. The summed E-state index contributed by atoms with van der Waals surface area (Å²) in [5.74, 6) is 0.462. The van der Waals surface area contributed by atoms with Gasteiger partial charge >= 0.3 is 0 Å². The monoisotopic (exact) mass is 417 g/mol. The molecule has 2 aromatic carbocycles. The van der Waals surface area contributed by atoms with Gasteiger partial charge in [-0.05, 0) is 62.2 Å². The molecule has 0 radical (unpaired) electrons. The van der Waals surface area contributed by atoms with Crippen molar-refractivity contribution < 1.29 is 13.2 Å². The lowest BCUT2D eigenvalue weighted by molar-refractivity contribution is 0.323. The van der Waals surface area contributed by atoms with Crippen LogP contribution in [-0.2, 0) is 10.0 Å². The molecule has 0 aliphatic rings. The van der Waals surface area contributed by atoms with Crippen molar-refractivity contribution in [2.24, 2.45) is 0 Å². The number of hydrogen-bond donors (Lipinski definition) is 1. The first-order valence-electron chi connectivity index (χ1n) is 8.66. The Bertz CT molecular complexity index is 1080. The van der Waals surface area contributed by atoms with Gasteiger partial charge in [0.1, 0.15) is 0 Å². The maximum absolute atomic E-state index is 12.7. The van der Waals surface area contributed by atoms with Crippen molar-refractivity contribution >= 4 is 27.3 Å². The van der Waals surface area contributed by atoms with Crippen LogP contribution in [0.3, 0.4) is 0 Å². The largest absolute Gasteiger partial charge is 0.477 e. The normalized spacial score (nSPS) is 11.3. The van der Waals surface area contributed by atoms with Crippen molar-refractivity contribution in [1.29, 1.82) is 0 Å². The molecule has 3 rings (SSSR count). The number of benzene rings is 2. The molecule has 28 heavy (non-hydrogen) atoms. The molecule has 6 nitrogen and oxygen atoms in total. The summed E-state index contributed by atoms with van der Waals surface area (Å²) in [6.45, 7) is 5.89. The lowest BCUT2D eigenvalue weighted by Gasteiger charge is -2.12. The number of nitrogens with one attached hydrogen (secondary N) is 1. The second-order valence-corrected chi connectivity index (χ2v) is 8.30. The number of aryl methyl sites for hydroxylation is 2. The van der Waals surface area contributed by atoms with Gasteiger partial charge in [0.05, 0.1) is 17.2 Å². The standard InChI is InChI=1S/C20H20ClN3O3S/c1-4-27-20-10-9-18(22-23-20)15-5-7-16(8-6-15)24-28(25,26)19-12-13(2)17(21)11-14(19)3/h5-12,24H,4H2,1-3H3. The zero-order valence-corrected chi connectivity index (χ0v) is 17.3. The number of hydrogen-bond acceptors (Lipinski definition) is 5. The van der Waals surface area contributed by atoms with Gasteiger partial charge in [-0.1, -0.05) is 23.7 Å². The van der Waals surface area contributed by atoms with Crippen LogP contribution in [0.25, 0.3) is 11.3 Å². The van der Waals surface area contributed by atoms with Crippen LogP contribution in [0.2, 0.25) is 5.02 Å². The van der Waals surface area contributed by atoms with Crippen LogP contribution in [-0.4, -0.2) is 25.2 Å². The number of anilines is 1. The van der Waals surface area contributed by atoms with Crippen LogP contribution in [0.5, 0.6) is 5.88 Å². The number of sulfonamides is 1. The van der Waals surface area contributed by atoms with Crippen LogP contribution in [0.1, 0.15) is 18.1 Å². The highest BCUT2D eigenvalue weighted by molar-refractivity contribution is 7.92. The van der Waals surface area contributed by atoms with Crippen LogP contribution < -0.4 is 9.46 Å². The number of rotatable bonds is 6. The Morgan fingerprint density at radius 1 is 1.00 bits per heavy atom. The Labute approximate surface area is 169 Å². The molecule has 0 aliphatic carbocycles. The molecule has 3 aromatic rings. The summed E-state index contributed by atoms with van der Waals surface area (Å²) in [7, 11) is -3.73. The second kappa shape index (κ2) is 8.16. The molecule has 0 spiro atoms. The van der Waals surface area contributed by atoms with E-state index in [9.17, 15) is 8.42 Å². The summed E-state index contributed by atoms with van der Waals surface area (Å²) in [6, 6.07) is 13.7. The highest BCUT2D eigenvalue weighted by atomic mass is 35.5. The smallest absolute Gasteiger partial charge is 0.262 e. The van der Waals surface area contributed by atoms with Crippen LogP contribution in [0.15, 0.2) is 53.4 Å². The first-order chi connectivity index (χ1) is 13.3. The molecule has 8 heteroatoms. The molecule has 146 valence electrons. The predicted molar refractivity (Wildman–Crippen MR) is 110 cm³/mol. The number of halogens is 1. The summed E-state index contributed by atoms with van der Waals surface area (Å²) in [6.07, 6.45) is 0. The highest BCUT2D eigenvalue weighted by Gasteiger charge is 2.18. The fraction of sp³-hybridized carbons (Fsp3) is 0.200. The van der Waals surface area contributed by atoms with Crippen LogP contribution in [0.4, 0.5) is 5.69 Å². The van der Waals surface area contributed by atoms with Gasteiger partial charge < -0.3 is 4.74 Å². The van der Waals surface area contributed by atoms with E-state index in [-0.39, 0.29) is 4.90 Å². The molecule has 1 aromatic heterocycles. The van der Waals surface area contributed by atoms with Crippen molar-refractivity contribution in [2.45, 2.75) is 25.7 Å². The van der Waals surface area contributed by atoms with E-state index in [0.717, 1.165) is 5.56 Å². The molecule has 0 bridgehead atoms. The quantitative estimate of drug-likeness (QED) is 0.633. The molecule has 0 saturated heterocycles. The number of nitrogens with zero attached hydrogens (tertiary/aromatic N) is 2. The summed E-state index contributed by atoms with van der Waals surface area (Å²) in [4.78, 5) is 0.204. The third-order valence-electron chi connectivity index (χ3n) is 4.11. The maximum atomic E-state index is 12.7. The van der Waals surface area contributed by atoms with E-state index in [0.29, 0.717) is 40.0 Å². The molecule has 1 N–H and O–H groups in total. The fourth-order valence-corrected chi connectivity index (χ4v) is 4.25. The number of aromatic nitrogens is 2. The lowest BCUT2D eigenvalue weighted by atomic mass is 10.1. The van der Waals surface area contributed by atoms with E-state index in [1.807, 2.05) is 6.92 Å². The van der Waals surface area contributed by atoms with E-state index < -0.39 is 10.0 Å². The van der Waals surface area contributed by atoms with Gasteiger partial charge in [-0.2, -0.15) is 0 Å². The van der Waals surface area contributed by atoms with Crippen molar-refractivity contribution in [1.82, 2.24) is 10.2 Å². The molecular weight excluding hydrogens is 398 g/mol. The van der Waals surface area contributed by atoms with Crippen molar-refractivity contribution in [2.75, 3.05) is 11.3 Å². The minimum absolute atomic E-state index is 0.204. The van der Waals surface area contributed by atoms with E-state index in [2.05, 4.69) is 14.9 Å². The Morgan fingerprint density at radius 3 is 2.32 bits per heavy atom. The van der Waals surface area contributed by atoms with Crippen molar-refractivity contribution in [3.05, 3.63) is 64.7 Å². The predicted octanol–water partition coefficient (Wildman–Crippen LogP) is 4.61. The molecule has 0 amide bonds. The second-order valence-electron chi connectivity index (χ2n) is 6.24. The van der Waals surface area contributed by atoms with Gasteiger partial charge in [-0.25, -0.2) is 8.42 Å². The first-order valence-corrected chi connectivity index (χ1v) is 10.5. The minimum Gasteiger partial charge on any atom is -0.477 e. The van der Waals surface area contributed by atoms with E-state index in [1.54, 1.807) is 62.4 Å². The molecule has 0 fully saturated rings. The lowest BCUT2D eigenvalue weighted by Crippen LogP contribution is -2.14. The van der Waals surface area contributed by atoms with Gasteiger partial charge in [0.2, 0.25) is 5.88 Å². The minimum atomic E-state index is -3.73. The van der Waals surface area contributed by atoms with Crippen LogP contribution in [0, 0.1) is 13.8 Å². The molecule has 0 saturated carbocycles. The zero-order valence-electron chi connectivity index (χ0n) is 15.7. The SMILES string of the molecule is CCOc1ccc(-c2ccc(NS(=O)(=O)c3cc(C)c(Cl)cc3C)cc2)nn1. The highest BCUT2D eigenvalue weighted by Crippen LogP contribution is 2.26. The molecule has 0 atom stereocenters. The summed E-state index contributed by atoms with van der Waals surface area (Å²) >= 11 is 6.07. The third-order valence-corrected chi connectivity index (χ3v) is 6.04. The third kappa shape index (κ3) is 4.43. The average Bonchev–Trinajstić information content (AvgIpc) is 2.66. The Kier molecular flexibility index (Phi) is 5.86. The van der Waals surface area contributed by atoms with Gasteiger partial charge in [0.25, 0.3) is 10.0 Å². The maximum Gasteiger partial charge on any atom is 0.262 e. The van der Waals surface area contributed by atoms with Gasteiger partial charge in [-0.15, -0.1) is 10.2 Å². The number of ether oxygens (including phenoxy) is 1. The van der Waals surface area contributed by atoms with Gasteiger partial charge in [0, 0.05) is 22.3 Å². The Morgan fingerprint density at radius 2 is 1.71 bits per heavy atom. The van der Waals surface area contributed by atoms with Gasteiger partial charge in [0.15, 0.2) is 0 Å². The van der Waals surface area contributed by atoms with Gasteiger partial charge in [-0.3, -0.25) is 4.72 Å². The first kappa shape index (κ1) is 20.1. The molecule has 0 unspecified atom stereocenters. The fourth-order valence-electron chi connectivity index (χ4n) is 2.66. The zero-order chi connectivity index (χ0) is 20.3. The van der Waals surface area contributed by atoms with E-state index in [4.69, 9.17) is 16.3 Å². The molecule has 0 aliphatic heterocycles. The topological polar surface area (TPSA) is 81.2 Å². The summed E-state index contributed by atoms with van der Waals surface area (Å²) in [5, 5.41) is 8.66. The molecular formula is C20H20ClN3O3S. The van der Waals surface area contributed by atoms with Crippen molar-refractivity contribution in [3.63, 3.8) is 0 Å². The Hall–Kier alpha value is -2.64. The molecule has 1 heterocycles. The summed E-state index contributed by atoms with van der Waals surface area (Å²) < 4.78 is 33.4. The van der Waals surface area contributed by atoms with E-state index >= 15 is 0 Å². The Balaban J connectivity index is 1.81. The average molecular weight is 418 g/mol. The van der Waals surface area contributed by atoms with E-state index in [1.165, 1.54) is 0 Å².